The number of thioether (sulfide) groups is 1. The lowest BCUT2D eigenvalue weighted by atomic mass is 10.1. The summed E-state index contributed by atoms with van der Waals surface area (Å²) in [5.74, 6) is 0.710. The van der Waals surface area contributed by atoms with E-state index in [9.17, 15) is 18.0 Å². The molecule has 0 unspecified atom stereocenters. The predicted molar refractivity (Wildman–Crippen MR) is 93.8 cm³/mol. The maximum atomic E-state index is 12.7. The number of benzene rings is 2. The highest BCUT2D eigenvalue weighted by atomic mass is 35.5. The highest BCUT2D eigenvalue weighted by molar-refractivity contribution is 7.99. The van der Waals surface area contributed by atoms with E-state index in [1.54, 1.807) is 29.2 Å². The van der Waals surface area contributed by atoms with Crippen molar-refractivity contribution in [2.45, 2.75) is 11.6 Å². The highest BCUT2D eigenvalue weighted by Crippen LogP contribution is 2.39. The van der Waals surface area contributed by atoms with E-state index in [1.165, 1.54) is 23.9 Å². The summed E-state index contributed by atoms with van der Waals surface area (Å²) in [5.41, 5.74) is 0.452. The number of halogens is 4. The van der Waals surface area contributed by atoms with Gasteiger partial charge in [-0.3, -0.25) is 0 Å². The minimum Gasteiger partial charge on any atom is -0.308 e. The molecular weight excluding hydrogens is 373 g/mol. The fraction of sp³-hybridized carbons (Fsp3) is 0.235. The molecule has 1 atom stereocenters. The maximum Gasteiger partial charge on any atom is 0.416 e. The smallest absolute Gasteiger partial charge is 0.308 e. The molecule has 0 aliphatic carbocycles. The minimum absolute atomic E-state index is 0.329. The molecule has 1 aliphatic heterocycles. The van der Waals surface area contributed by atoms with Crippen molar-refractivity contribution in [3.63, 3.8) is 0 Å². The summed E-state index contributed by atoms with van der Waals surface area (Å²) in [7, 11) is 0. The van der Waals surface area contributed by atoms with Gasteiger partial charge in [0, 0.05) is 12.3 Å². The van der Waals surface area contributed by atoms with Gasteiger partial charge in [-0.2, -0.15) is 13.2 Å². The van der Waals surface area contributed by atoms with E-state index in [1.807, 2.05) is 0 Å². The topological polar surface area (TPSA) is 32.3 Å². The second kappa shape index (κ2) is 7.17. The van der Waals surface area contributed by atoms with Crippen LogP contribution in [0.1, 0.15) is 16.5 Å². The Balaban J connectivity index is 1.76. The lowest BCUT2D eigenvalue weighted by Gasteiger charge is -2.25. The fourth-order valence-electron chi connectivity index (χ4n) is 2.54. The summed E-state index contributed by atoms with van der Waals surface area (Å²) in [4.78, 5) is 14.1. The molecule has 1 N–H and O–H groups in total. The standard InChI is InChI=1S/C17H14ClF3N2OS/c18-13-3-1-2-4-14(13)22-16(24)23-9-10-25-15(23)11-5-7-12(8-6-11)17(19,20)21/h1-8,15H,9-10H2,(H,22,24)/t15-/m0/s1. The number of rotatable bonds is 2. The molecule has 132 valence electrons. The largest absolute Gasteiger partial charge is 0.416 e. The molecule has 0 spiro atoms. The Kier molecular flexibility index (Phi) is 5.15. The summed E-state index contributed by atoms with van der Waals surface area (Å²) in [6.07, 6.45) is -4.37. The fourth-order valence-corrected chi connectivity index (χ4v) is 3.98. The molecule has 3 rings (SSSR count). The minimum atomic E-state index is -4.37. The number of hydrogen-bond donors (Lipinski definition) is 1. The molecule has 1 aliphatic rings. The maximum absolute atomic E-state index is 12.7. The van der Waals surface area contributed by atoms with Crippen LogP contribution < -0.4 is 5.32 Å². The van der Waals surface area contributed by atoms with E-state index >= 15 is 0 Å². The monoisotopic (exact) mass is 386 g/mol. The van der Waals surface area contributed by atoms with E-state index in [0.717, 1.165) is 12.1 Å². The molecule has 2 aromatic carbocycles. The lowest BCUT2D eigenvalue weighted by molar-refractivity contribution is -0.137. The van der Waals surface area contributed by atoms with Gasteiger partial charge in [-0.1, -0.05) is 35.9 Å². The number of nitrogens with zero attached hydrogens (tertiary/aromatic N) is 1. The number of para-hydroxylation sites is 1. The first kappa shape index (κ1) is 17.9. The van der Waals surface area contributed by atoms with Gasteiger partial charge in [0.2, 0.25) is 0 Å². The van der Waals surface area contributed by atoms with Gasteiger partial charge in [-0.15, -0.1) is 11.8 Å². The average Bonchev–Trinajstić information content (AvgIpc) is 3.06. The Bertz CT molecular complexity index is 767. The van der Waals surface area contributed by atoms with Crippen molar-refractivity contribution in [3.05, 3.63) is 64.7 Å². The van der Waals surface area contributed by atoms with Crippen LogP contribution in [0, 0.1) is 0 Å². The number of alkyl halides is 3. The molecule has 0 saturated carbocycles. The van der Waals surface area contributed by atoms with Crippen LogP contribution in [0.15, 0.2) is 48.5 Å². The van der Waals surface area contributed by atoms with Gasteiger partial charge in [0.15, 0.2) is 0 Å². The van der Waals surface area contributed by atoms with Gasteiger partial charge in [-0.05, 0) is 29.8 Å². The van der Waals surface area contributed by atoms with Crippen LogP contribution in [-0.4, -0.2) is 23.2 Å². The van der Waals surface area contributed by atoms with Gasteiger partial charge < -0.3 is 10.2 Å². The summed E-state index contributed by atoms with van der Waals surface area (Å²) in [6, 6.07) is 11.5. The summed E-state index contributed by atoms with van der Waals surface area (Å²) >= 11 is 7.55. The number of carbonyl (C=O) groups excluding carboxylic acids is 1. The average molecular weight is 387 g/mol. The van der Waals surface area contributed by atoms with E-state index < -0.39 is 11.7 Å². The number of nitrogens with one attached hydrogen (secondary N) is 1. The van der Waals surface area contributed by atoms with Gasteiger partial charge in [0.1, 0.15) is 5.37 Å². The molecule has 1 fully saturated rings. The zero-order valence-electron chi connectivity index (χ0n) is 12.9. The van der Waals surface area contributed by atoms with Crippen LogP contribution in [0.4, 0.5) is 23.7 Å². The number of amides is 2. The molecule has 2 aromatic rings. The number of urea groups is 1. The third-order valence-corrected chi connectivity index (χ3v) is 5.38. The van der Waals surface area contributed by atoms with Gasteiger partial charge in [0.25, 0.3) is 0 Å². The molecule has 25 heavy (non-hydrogen) atoms. The van der Waals surface area contributed by atoms with Crippen LogP contribution in [0.2, 0.25) is 5.02 Å². The van der Waals surface area contributed by atoms with Crippen molar-refractivity contribution in [2.24, 2.45) is 0 Å². The molecule has 3 nitrogen and oxygen atoms in total. The second-order valence-corrected chi connectivity index (χ2v) is 7.04. The third-order valence-electron chi connectivity index (χ3n) is 3.79. The number of anilines is 1. The van der Waals surface area contributed by atoms with Gasteiger partial charge in [0.05, 0.1) is 16.3 Å². The van der Waals surface area contributed by atoms with E-state index in [2.05, 4.69) is 5.32 Å². The van der Waals surface area contributed by atoms with E-state index in [4.69, 9.17) is 11.6 Å². The van der Waals surface area contributed by atoms with Crippen LogP contribution in [0.25, 0.3) is 0 Å². The van der Waals surface area contributed by atoms with Crippen molar-refractivity contribution in [2.75, 3.05) is 17.6 Å². The molecule has 1 heterocycles. The summed E-state index contributed by atoms with van der Waals surface area (Å²) in [6.45, 7) is 0.507. The Labute approximate surface area is 152 Å². The zero-order chi connectivity index (χ0) is 18.0. The quantitative estimate of drug-likeness (QED) is 0.724. The predicted octanol–water partition coefficient (Wildman–Crippen LogP) is 5.64. The summed E-state index contributed by atoms with van der Waals surface area (Å²) in [5, 5.41) is 2.85. The normalized spacial score (nSPS) is 17.6. The van der Waals surface area contributed by atoms with Gasteiger partial charge in [-0.25, -0.2) is 4.79 Å². The first-order chi connectivity index (χ1) is 11.9. The zero-order valence-corrected chi connectivity index (χ0v) is 14.5. The van der Waals surface area contributed by atoms with Gasteiger partial charge >= 0.3 is 12.2 Å². The van der Waals surface area contributed by atoms with Crippen LogP contribution in [-0.2, 0) is 6.18 Å². The van der Waals surface area contributed by atoms with Crippen molar-refractivity contribution >= 4 is 35.1 Å². The molecule has 1 saturated heterocycles. The van der Waals surface area contributed by atoms with Crippen molar-refractivity contribution in [3.8, 4) is 0 Å². The first-order valence-electron chi connectivity index (χ1n) is 7.47. The van der Waals surface area contributed by atoms with Crippen molar-refractivity contribution in [1.29, 1.82) is 0 Å². The summed E-state index contributed by atoms with van der Waals surface area (Å²) < 4.78 is 38.1. The van der Waals surface area contributed by atoms with Crippen molar-refractivity contribution < 1.29 is 18.0 Å². The Morgan fingerprint density at radius 1 is 1.16 bits per heavy atom. The molecule has 0 bridgehead atoms. The molecule has 0 radical (unpaired) electrons. The Hall–Kier alpha value is -1.86. The lowest BCUT2D eigenvalue weighted by Crippen LogP contribution is -2.34. The third kappa shape index (κ3) is 4.04. The molecule has 2 amide bonds. The van der Waals surface area contributed by atoms with Crippen LogP contribution in [0.3, 0.4) is 0 Å². The second-order valence-electron chi connectivity index (χ2n) is 5.45. The Morgan fingerprint density at radius 3 is 2.48 bits per heavy atom. The van der Waals surface area contributed by atoms with Crippen molar-refractivity contribution in [1.82, 2.24) is 4.90 Å². The molecule has 0 aromatic heterocycles. The van der Waals surface area contributed by atoms with E-state index in [0.29, 0.717) is 28.6 Å². The first-order valence-corrected chi connectivity index (χ1v) is 8.90. The molecular formula is C17H14ClF3N2OS. The number of carbonyl (C=O) groups is 1. The SMILES string of the molecule is O=C(Nc1ccccc1Cl)N1CCS[C@H]1c1ccc(C(F)(F)F)cc1. The molecule has 8 heteroatoms. The Morgan fingerprint density at radius 2 is 1.84 bits per heavy atom. The number of hydrogen-bond acceptors (Lipinski definition) is 2. The van der Waals surface area contributed by atoms with Crippen LogP contribution in [0.5, 0.6) is 0 Å². The van der Waals surface area contributed by atoms with E-state index in [-0.39, 0.29) is 11.4 Å². The van der Waals surface area contributed by atoms with Crippen LogP contribution >= 0.6 is 23.4 Å². The highest BCUT2D eigenvalue weighted by Gasteiger charge is 2.33.